The lowest BCUT2D eigenvalue weighted by Crippen LogP contribution is -2.50. The number of halogens is 1. The Hall–Kier alpha value is -2.21. The second-order valence-electron chi connectivity index (χ2n) is 8.81. The molecule has 1 N–H and O–H groups in total. The molecule has 2 saturated heterocycles. The first-order valence-electron chi connectivity index (χ1n) is 10.6. The van der Waals surface area contributed by atoms with Gasteiger partial charge in [-0.05, 0) is 31.4 Å². The Morgan fingerprint density at radius 1 is 1.10 bits per heavy atom. The Morgan fingerprint density at radius 3 is 2.79 bits per heavy atom. The van der Waals surface area contributed by atoms with Gasteiger partial charge in [0.1, 0.15) is 5.82 Å². The number of nitrogens with zero attached hydrogens (tertiary/aromatic N) is 2. The van der Waals surface area contributed by atoms with Crippen LogP contribution in [0.3, 0.4) is 0 Å². The first kappa shape index (κ1) is 17.6. The molecule has 2 fully saturated rings. The molecule has 0 saturated carbocycles. The van der Waals surface area contributed by atoms with Crippen LogP contribution in [0.15, 0.2) is 42.5 Å². The van der Waals surface area contributed by atoms with E-state index < -0.39 is 0 Å². The number of rotatable bonds is 1. The summed E-state index contributed by atoms with van der Waals surface area (Å²) in [4.78, 5) is 12.4. The second kappa shape index (κ2) is 6.39. The molecular weight excluding hydrogens is 365 g/mol. The van der Waals surface area contributed by atoms with Crippen molar-refractivity contribution in [2.75, 3.05) is 20.1 Å². The molecule has 29 heavy (non-hydrogen) atoms. The molecule has 0 aliphatic carbocycles. The molecule has 150 valence electrons. The van der Waals surface area contributed by atoms with E-state index in [9.17, 15) is 4.39 Å². The van der Waals surface area contributed by atoms with Gasteiger partial charge in [-0.15, -0.1) is 0 Å². The Bertz CT molecular complexity index is 1090. The van der Waals surface area contributed by atoms with Gasteiger partial charge in [0, 0.05) is 54.3 Å². The van der Waals surface area contributed by atoms with Crippen LogP contribution < -0.4 is 0 Å². The van der Waals surface area contributed by atoms with Crippen LogP contribution in [-0.2, 0) is 11.3 Å². The highest BCUT2D eigenvalue weighted by atomic mass is 19.1. The molecule has 6 rings (SSSR count). The topological polar surface area (TPSA) is 31.5 Å². The average Bonchev–Trinajstić information content (AvgIpc) is 3.24. The summed E-state index contributed by atoms with van der Waals surface area (Å²) in [7, 11) is 2.07. The van der Waals surface area contributed by atoms with Crippen molar-refractivity contribution in [2.24, 2.45) is 5.92 Å². The van der Waals surface area contributed by atoms with E-state index in [1.54, 1.807) is 6.07 Å². The number of H-pyrrole nitrogens is 1. The molecule has 0 spiro atoms. The highest BCUT2D eigenvalue weighted by Crippen LogP contribution is 2.46. The quantitative estimate of drug-likeness (QED) is 0.661. The molecule has 2 aromatic carbocycles. The number of aromatic nitrogens is 1. The Morgan fingerprint density at radius 2 is 1.93 bits per heavy atom. The minimum atomic E-state index is -0.173. The van der Waals surface area contributed by atoms with Crippen LogP contribution in [-0.4, -0.2) is 47.2 Å². The molecular formula is C24H26FN3O. The van der Waals surface area contributed by atoms with Crippen LogP contribution in [0.5, 0.6) is 0 Å². The van der Waals surface area contributed by atoms with Crippen LogP contribution in [0.25, 0.3) is 22.0 Å². The summed E-state index contributed by atoms with van der Waals surface area (Å²) >= 11 is 0. The fourth-order valence-electron chi connectivity index (χ4n) is 5.92. The van der Waals surface area contributed by atoms with Gasteiger partial charge in [0.15, 0.2) is 0 Å². The second-order valence-corrected chi connectivity index (χ2v) is 8.81. The third-order valence-corrected chi connectivity index (χ3v) is 7.37. The van der Waals surface area contributed by atoms with Gasteiger partial charge in [-0.3, -0.25) is 9.74 Å². The summed E-state index contributed by atoms with van der Waals surface area (Å²) < 4.78 is 14.5. The number of benzene rings is 2. The van der Waals surface area contributed by atoms with Crippen LogP contribution >= 0.6 is 0 Å². The maximum absolute atomic E-state index is 14.5. The number of nitrogens with one attached hydrogen (secondary N) is 1. The van der Waals surface area contributed by atoms with E-state index in [1.807, 2.05) is 18.2 Å². The number of piperidine rings is 1. The molecule has 0 unspecified atom stereocenters. The molecule has 4 nitrogen and oxygen atoms in total. The third kappa shape index (κ3) is 2.54. The number of hydroxylamine groups is 2. The van der Waals surface area contributed by atoms with Crippen LogP contribution in [0, 0.1) is 11.7 Å². The highest BCUT2D eigenvalue weighted by Gasteiger charge is 2.48. The van der Waals surface area contributed by atoms with E-state index in [4.69, 9.17) is 4.84 Å². The molecule has 5 heteroatoms. The smallest absolute Gasteiger partial charge is 0.131 e. The Balaban J connectivity index is 1.47. The summed E-state index contributed by atoms with van der Waals surface area (Å²) in [6.45, 7) is 4.35. The molecule has 1 aromatic heterocycles. The first-order valence-corrected chi connectivity index (χ1v) is 10.6. The van der Waals surface area contributed by atoms with Crippen LogP contribution in [0.4, 0.5) is 4.39 Å². The largest absolute Gasteiger partial charge is 0.356 e. The number of aromatic amines is 1. The third-order valence-electron chi connectivity index (χ3n) is 7.37. The van der Waals surface area contributed by atoms with Crippen molar-refractivity contribution in [1.29, 1.82) is 0 Å². The standard InChI is InChI=1S/C24H26FN3O/c1-14-19-13-28-11-10-18-17-8-5-7-16(15-6-3-4-9-20(15)25)23(17)26-24(18)22(28)12-21(19)27(2)29-14/h3-9,14,19,21-22,26H,10-13H2,1-2H3/t14-,19-,21-,22-/m0/s1. The summed E-state index contributed by atoms with van der Waals surface area (Å²) in [6, 6.07) is 14.1. The Kier molecular flexibility index (Phi) is 3.89. The van der Waals surface area contributed by atoms with Crippen molar-refractivity contribution in [1.82, 2.24) is 14.9 Å². The maximum atomic E-state index is 14.5. The number of hydrogen-bond donors (Lipinski definition) is 1. The van der Waals surface area contributed by atoms with Gasteiger partial charge in [-0.1, -0.05) is 36.4 Å². The summed E-state index contributed by atoms with van der Waals surface area (Å²) in [6.07, 6.45) is 2.39. The SMILES string of the molecule is C[C@@H]1ON(C)[C@H]2C[C@H]3c4[nH]c5c(-c6ccccc6F)cccc5c4CCN3C[C@@H]12. The predicted molar refractivity (Wildman–Crippen MR) is 112 cm³/mol. The zero-order chi connectivity index (χ0) is 19.7. The molecule has 0 radical (unpaired) electrons. The molecule has 3 aromatic rings. The van der Waals surface area contributed by atoms with Crippen LogP contribution in [0.2, 0.25) is 0 Å². The molecule has 4 heterocycles. The van der Waals surface area contributed by atoms with Gasteiger partial charge in [0.05, 0.1) is 17.7 Å². The first-order chi connectivity index (χ1) is 14.1. The minimum Gasteiger partial charge on any atom is -0.356 e. The van der Waals surface area contributed by atoms with E-state index in [2.05, 4.69) is 41.1 Å². The van der Waals surface area contributed by atoms with E-state index in [1.165, 1.54) is 22.7 Å². The van der Waals surface area contributed by atoms with Crippen molar-refractivity contribution >= 4 is 10.9 Å². The van der Waals surface area contributed by atoms with Gasteiger partial charge < -0.3 is 4.98 Å². The molecule has 3 aliphatic heterocycles. The molecule has 0 bridgehead atoms. The molecule has 4 atom stereocenters. The van der Waals surface area contributed by atoms with E-state index in [0.717, 1.165) is 37.0 Å². The van der Waals surface area contributed by atoms with Gasteiger partial charge in [0.2, 0.25) is 0 Å². The number of fused-ring (bicyclic) bond motifs is 6. The van der Waals surface area contributed by atoms with Crippen molar-refractivity contribution in [3.05, 3.63) is 59.5 Å². The predicted octanol–water partition coefficient (Wildman–Crippen LogP) is 4.53. The minimum absolute atomic E-state index is 0.173. The normalized spacial score (nSPS) is 29.6. The van der Waals surface area contributed by atoms with Gasteiger partial charge in [-0.25, -0.2) is 4.39 Å². The number of hydrogen-bond acceptors (Lipinski definition) is 3. The van der Waals surface area contributed by atoms with Crippen molar-refractivity contribution in [3.63, 3.8) is 0 Å². The van der Waals surface area contributed by atoms with Crippen molar-refractivity contribution < 1.29 is 9.23 Å². The summed E-state index contributed by atoms with van der Waals surface area (Å²) in [5.74, 6) is 0.393. The highest BCUT2D eigenvalue weighted by molar-refractivity contribution is 5.97. The maximum Gasteiger partial charge on any atom is 0.131 e. The van der Waals surface area contributed by atoms with Gasteiger partial charge in [-0.2, -0.15) is 5.06 Å². The average molecular weight is 391 g/mol. The van der Waals surface area contributed by atoms with E-state index >= 15 is 0 Å². The van der Waals surface area contributed by atoms with Gasteiger partial charge in [0.25, 0.3) is 0 Å². The molecule has 3 aliphatic rings. The lowest BCUT2D eigenvalue weighted by molar-refractivity contribution is -0.140. The summed E-state index contributed by atoms with van der Waals surface area (Å²) in [5, 5.41) is 3.32. The lowest BCUT2D eigenvalue weighted by Gasteiger charge is -2.44. The summed E-state index contributed by atoms with van der Waals surface area (Å²) in [5.41, 5.74) is 5.41. The Labute approximate surface area is 170 Å². The van der Waals surface area contributed by atoms with Crippen LogP contribution in [0.1, 0.15) is 30.6 Å². The zero-order valence-electron chi connectivity index (χ0n) is 16.9. The van der Waals surface area contributed by atoms with E-state index in [-0.39, 0.29) is 11.9 Å². The van der Waals surface area contributed by atoms with Crippen molar-refractivity contribution in [2.45, 2.75) is 38.0 Å². The monoisotopic (exact) mass is 391 g/mol. The fraction of sp³-hybridized carbons (Fsp3) is 0.417. The van der Waals surface area contributed by atoms with Gasteiger partial charge >= 0.3 is 0 Å². The van der Waals surface area contributed by atoms with Crippen molar-refractivity contribution in [3.8, 4) is 11.1 Å². The van der Waals surface area contributed by atoms with E-state index in [0.29, 0.717) is 23.6 Å². The lowest BCUT2D eigenvalue weighted by atomic mass is 9.81. The fourth-order valence-corrected chi connectivity index (χ4v) is 5.92. The zero-order valence-corrected chi connectivity index (χ0v) is 16.9. The number of para-hydroxylation sites is 1. The molecule has 0 amide bonds.